The second kappa shape index (κ2) is 5.42. The van der Waals surface area contributed by atoms with E-state index in [1.165, 1.54) is 18.2 Å². The third-order valence-electron chi connectivity index (χ3n) is 3.31. The average molecular weight is 320 g/mol. The summed E-state index contributed by atoms with van der Waals surface area (Å²) in [6, 6.07) is 10.6. The van der Waals surface area contributed by atoms with Crippen LogP contribution in [0.25, 0.3) is 22.3 Å². The first kappa shape index (κ1) is 15.1. The third-order valence-corrected chi connectivity index (χ3v) is 3.31. The molecule has 7 heteroatoms. The summed E-state index contributed by atoms with van der Waals surface area (Å²) >= 11 is 0. The van der Waals surface area contributed by atoms with Gasteiger partial charge in [-0.2, -0.15) is 0 Å². The fraction of sp³-hybridized carbons (Fsp3) is 0.125. The second-order valence-electron chi connectivity index (χ2n) is 4.96. The Bertz CT molecular complexity index is 932. The lowest BCUT2D eigenvalue weighted by Gasteiger charge is -2.12. The highest BCUT2D eigenvalue weighted by Gasteiger charge is 2.31. The van der Waals surface area contributed by atoms with E-state index in [4.69, 9.17) is 0 Å². The van der Waals surface area contributed by atoms with Gasteiger partial charge < -0.3 is 9.72 Å². The molecule has 0 aliphatic heterocycles. The summed E-state index contributed by atoms with van der Waals surface area (Å²) in [5, 5.41) is 0.414. The van der Waals surface area contributed by atoms with Gasteiger partial charge in [0.15, 0.2) is 0 Å². The van der Waals surface area contributed by atoms with E-state index < -0.39 is 6.36 Å². The van der Waals surface area contributed by atoms with Crippen molar-refractivity contribution in [2.75, 3.05) is 0 Å². The number of alkyl halides is 3. The van der Waals surface area contributed by atoms with Crippen LogP contribution >= 0.6 is 0 Å². The number of hydrogen-bond acceptors (Lipinski definition) is 3. The molecule has 118 valence electrons. The molecule has 3 rings (SSSR count). The van der Waals surface area contributed by atoms with Crippen LogP contribution in [-0.2, 0) is 0 Å². The van der Waals surface area contributed by atoms with Gasteiger partial charge in [0, 0.05) is 5.56 Å². The number of benzene rings is 2. The van der Waals surface area contributed by atoms with Crippen LogP contribution in [0.4, 0.5) is 13.2 Å². The number of nitrogens with one attached hydrogen (secondary N) is 1. The maximum absolute atomic E-state index is 12.4. The molecule has 1 aromatic heterocycles. The van der Waals surface area contributed by atoms with Crippen molar-refractivity contribution in [2.24, 2.45) is 0 Å². The van der Waals surface area contributed by atoms with E-state index >= 15 is 0 Å². The fourth-order valence-corrected chi connectivity index (χ4v) is 2.27. The number of H-pyrrole nitrogens is 1. The molecule has 4 nitrogen and oxygen atoms in total. The average Bonchev–Trinajstić information content (AvgIpc) is 2.48. The zero-order valence-electron chi connectivity index (χ0n) is 11.9. The summed E-state index contributed by atoms with van der Waals surface area (Å²) in [4.78, 5) is 19.0. The van der Waals surface area contributed by atoms with Crippen molar-refractivity contribution in [1.29, 1.82) is 0 Å². The number of fused-ring (bicyclic) bond motifs is 1. The molecule has 3 aromatic rings. The monoisotopic (exact) mass is 320 g/mol. The highest BCUT2D eigenvalue weighted by molar-refractivity contribution is 5.79. The molecule has 0 bridgehead atoms. The fourth-order valence-electron chi connectivity index (χ4n) is 2.27. The quantitative estimate of drug-likeness (QED) is 0.781. The summed E-state index contributed by atoms with van der Waals surface area (Å²) in [6.07, 6.45) is -4.78. The van der Waals surface area contributed by atoms with Crippen LogP contribution in [0.2, 0.25) is 0 Å². The first-order valence-corrected chi connectivity index (χ1v) is 6.69. The smallest absolute Gasteiger partial charge is 0.406 e. The molecule has 0 saturated carbocycles. The topological polar surface area (TPSA) is 55.0 Å². The number of halogens is 3. The van der Waals surface area contributed by atoms with Gasteiger partial charge in [0.2, 0.25) is 0 Å². The van der Waals surface area contributed by atoms with E-state index in [2.05, 4.69) is 14.7 Å². The molecule has 0 aliphatic rings. The molecule has 0 fully saturated rings. The molecular formula is C16H11F3N2O2. The molecule has 2 aromatic carbocycles. The number of ether oxygens (including phenoxy) is 1. The maximum atomic E-state index is 12.4. The van der Waals surface area contributed by atoms with Gasteiger partial charge in [-0.25, -0.2) is 4.98 Å². The standard InChI is InChI=1S/C16H11F3N2O2/c1-9-6-7-10(23-16(17,18)19)8-12(9)14-20-13-5-3-2-4-11(13)15(22)21-14/h2-8H,1H3,(H,20,21,22). The number of nitrogens with zero attached hydrogens (tertiary/aromatic N) is 1. The molecule has 0 spiro atoms. The Labute approximate surface area is 128 Å². The van der Waals surface area contributed by atoms with Crippen molar-refractivity contribution in [2.45, 2.75) is 13.3 Å². The van der Waals surface area contributed by atoms with Crippen LogP contribution in [0.15, 0.2) is 47.3 Å². The lowest BCUT2D eigenvalue weighted by atomic mass is 10.1. The first-order valence-electron chi connectivity index (χ1n) is 6.69. The van der Waals surface area contributed by atoms with Gasteiger partial charge in [0.25, 0.3) is 5.56 Å². The van der Waals surface area contributed by atoms with E-state index in [-0.39, 0.29) is 17.1 Å². The lowest BCUT2D eigenvalue weighted by Crippen LogP contribution is -2.17. The van der Waals surface area contributed by atoms with Gasteiger partial charge in [0.05, 0.1) is 10.9 Å². The Hall–Kier alpha value is -2.83. The van der Waals surface area contributed by atoms with Crippen LogP contribution in [0.1, 0.15) is 5.56 Å². The van der Waals surface area contributed by atoms with E-state index in [1.54, 1.807) is 31.2 Å². The zero-order valence-corrected chi connectivity index (χ0v) is 11.9. The van der Waals surface area contributed by atoms with Gasteiger partial charge in [-0.3, -0.25) is 4.79 Å². The Morgan fingerprint density at radius 1 is 1.13 bits per heavy atom. The van der Waals surface area contributed by atoms with Crippen LogP contribution < -0.4 is 10.3 Å². The highest BCUT2D eigenvalue weighted by Crippen LogP contribution is 2.29. The number of para-hydroxylation sites is 1. The Morgan fingerprint density at radius 3 is 2.61 bits per heavy atom. The number of aryl methyl sites for hydroxylation is 1. The Kier molecular flexibility index (Phi) is 3.55. The van der Waals surface area contributed by atoms with Gasteiger partial charge in [-0.15, -0.1) is 13.2 Å². The zero-order chi connectivity index (χ0) is 16.6. The summed E-state index contributed by atoms with van der Waals surface area (Å²) in [5.74, 6) is -0.173. The summed E-state index contributed by atoms with van der Waals surface area (Å²) in [7, 11) is 0. The molecule has 0 aliphatic carbocycles. The van der Waals surface area contributed by atoms with Gasteiger partial charge in [0.1, 0.15) is 11.6 Å². The van der Waals surface area contributed by atoms with Crippen LogP contribution in [0, 0.1) is 6.92 Å². The maximum Gasteiger partial charge on any atom is 0.573 e. The van der Waals surface area contributed by atoms with Gasteiger partial charge in [-0.05, 0) is 36.8 Å². The molecule has 1 N–H and O–H groups in total. The van der Waals surface area contributed by atoms with Crippen LogP contribution in [0.3, 0.4) is 0 Å². The molecular weight excluding hydrogens is 309 g/mol. The minimum Gasteiger partial charge on any atom is -0.406 e. The molecule has 0 atom stereocenters. The number of aromatic amines is 1. The van der Waals surface area contributed by atoms with Gasteiger partial charge in [-0.1, -0.05) is 18.2 Å². The molecule has 23 heavy (non-hydrogen) atoms. The number of rotatable bonds is 2. The minimum absolute atomic E-state index is 0.193. The predicted octanol–water partition coefficient (Wildman–Crippen LogP) is 3.80. The van der Waals surface area contributed by atoms with Crippen molar-refractivity contribution in [3.63, 3.8) is 0 Å². The van der Waals surface area contributed by atoms with Crippen LogP contribution in [0.5, 0.6) is 5.75 Å². The summed E-state index contributed by atoms with van der Waals surface area (Å²) in [5.41, 5.74) is 1.15. The highest BCUT2D eigenvalue weighted by atomic mass is 19.4. The summed E-state index contributed by atoms with van der Waals surface area (Å²) < 4.78 is 41.0. The number of aromatic nitrogens is 2. The lowest BCUT2D eigenvalue weighted by molar-refractivity contribution is -0.274. The van der Waals surface area contributed by atoms with E-state index in [0.717, 1.165) is 0 Å². The van der Waals surface area contributed by atoms with E-state index in [9.17, 15) is 18.0 Å². The Morgan fingerprint density at radius 2 is 1.87 bits per heavy atom. The Balaban J connectivity index is 2.14. The van der Waals surface area contributed by atoms with Crippen molar-refractivity contribution in [3.05, 3.63) is 58.4 Å². The largest absolute Gasteiger partial charge is 0.573 e. The van der Waals surface area contributed by atoms with Gasteiger partial charge >= 0.3 is 6.36 Å². The SMILES string of the molecule is Cc1ccc(OC(F)(F)F)cc1-c1nc2ccccc2c(=O)[nH]1. The van der Waals surface area contributed by atoms with Crippen molar-refractivity contribution < 1.29 is 17.9 Å². The molecule has 0 unspecified atom stereocenters. The van der Waals surface area contributed by atoms with Crippen molar-refractivity contribution in [1.82, 2.24) is 9.97 Å². The molecule has 0 saturated heterocycles. The summed E-state index contributed by atoms with van der Waals surface area (Å²) in [6.45, 7) is 1.71. The molecule has 0 amide bonds. The van der Waals surface area contributed by atoms with Crippen LogP contribution in [-0.4, -0.2) is 16.3 Å². The van der Waals surface area contributed by atoms with E-state index in [0.29, 0.717) is 22.0 Å². The van der Waals surface area contributed by atoms with Crippen molar-refractivity contribution >= 4 is 10.9 Å². The van der Waals surface area contributed by atoms with E-state index in [1.807, 2.05) is 0 Å². The second-order valence-corrected chi connectivity index (χ2v) is 4.96. The number of hydrogen-bond donors (Lipinski definition) is 1. The third kappa shape index (κ3) is 3.18. The minimum atomic E-state index is -4.78. The normalized spacial score (nSPS) is 11.7. The molecule has 0 radical (unpaired) electrons. The predicted molar refractivity (Wildman–Crippen MR) is 79.2 cm³/mol. The first-order chi connectivity index (χ1) is 10.8. The van der Waals surface area contributed by atoms with Crippen molar-refractivity contribution in [3.8, 4) is 17.1 Å². The molecule has 1 heterocycles.